The van der Waals surface area contributed by atoms with Gasteiger partial charge < -0.3 is 5.11 Å². The minimum atomic E-state index is -1.02. The highest BCUT2D eigenvalue weighted by molar-refractivity contribution is 6.36. The lowest BCUT2D eigenvalue weighted by Gasteiger charge is -2.04. The van der Waals surface area contributed by atoms with Crippen LogP contribution in [0.4, 0.5) is 5.69 Å². The third kappa shape index (κ3) is 3.05. The first kappa shape index (κ1) is 17.0. The molecular formula is C17H12Cl3N2O2+. The van der Waals surface area contributed by atoms with E-state index in [0.717, 1.165) is 5.56 Å². The van der Waals surface area contributed by atoms with Crippen molar-refractivity contribution in [2.24, 2.45) is 5.11 Å². The van der Waals surface area contributed by atoms with Gasteiger partial charge in [-0.05, 0) is 53.1 Å². The van der Waals surface area contributed by atoms with Gasteiger partial charge in [0.15, 0.2) is 0 Å². The van der Waals surface area contributed by atoms with Gasteiger partial charge in [-0.15, -0.1) is 0 Å². The third-order valence-electron chi connectivity index (χ3n) is 3.72. The molecule has 0 amide bonds. The van der Waals surface area contributed by atoms with E-state index in [-0.39, 0.29) is 0 Å². The van der Waals surface area contributed by atoms with Gasteiger partial charge in [0, 0.05) is 27.2 Å². The minimum Gasteiger partial charge on any atom is -0.479 e. The minimum absolute atomic E-state index is 0.386. The summed E-state index contributed by atoms with van der Waals surface area (Å²) >= 11 is 18.2. The van der Waals surface area contributed by atoms with E-state index in [0.29, 0.717) is 32.0 Å². The molecular weight excluding hydrogens is 371 g/mol. The predicted molar refractivity (Wildman–Crippen MR) is 94.3 cm³/mol. The van der Waals surface area contributed by atoms with Crippen LogP contribution < -0.4 is 0 Å². The average molecular weight is 383 g/mol. The van der Waals surface area contributed by atoms with Crippen molar-refractivity contribution in [1.29, 1.82) is 0 Å². The molecule has 1 atom stereocenters. The lowest BCUT2D eigenvalue weighted by molar-refractivity contribution is -0.410. The number of halogens is 3. The number of benzene rings is 2. The Balaban J connectivity index is 2.20. The number of nitrogens with zero attached hydrogens (tertiary/aromatic N) is 2. The van der Waals surface area contributed by atoms with E-state index >= 15 is 0 Å². The maximum Gasteiger partial charge on any atom is 0.339 e. The highest BCUT2D eigenvalue weighted by Gasteiger charge is 2.40. The van der Waals surface area contributed by atoms with Crippen molar-refractivity contribution in [3.8, 4) is 0 Å². The maximum absolute atomic E-state index is 11.5. The fourth-order valence-corrected chi connectivity index (χ4v) is 3.20. The largest absolute Gasteiger partial charge is 0.479 e. The SMILES string of the molecule is CC1=C(c2ccc(Cl)cc2)[N+](c2ccc(Cl)cc2Cl)=NC1C(=O)O. The summed E-state index contributed by atoms with van der Waals surface area (Å²) in [7, 11) is 0. The molecule has 1 aliphatic rings. The monoisotopic (exact) mass is 381 g/mol. The molecule has 0 saturated heterocycles. The van der Waals surface area contributed by atoms with Crippen molar-refractivity contribution in [3.05, 3.63) is 68.7 Å². The van der Waals surface area contributed by atoms with E-state index in [4.69, 9.17) is 34.8 Å². The smallest absolute Gasteiger partial charge is 0.339 e. The fourth-order valence-electron chi connectivity index (χ4n) is 2.58. The summed E-state index contributed by atoms with van der Waals surface area (Å²) in [6, 6.07) is 11.1. The number of azo groups is 2. The second-order valence-electron chi connectivity index (χ2n) is 5.30. The molecule has 0 spiro atoms. The Hall–Kier alpha value is -1.88. The average Bonchev–Trinajstić information content (AvgIpc) is 2.86. The van der Waals surface area contributed by atoms with Gasteiger partial charge in [-0.2, -0.15) is 0 Å². The Kier molecular flexibility index (Phi) is 4.63. The number of hydrogen-bond acceptors (Lipinski definition) is 2. The summed E-state index contributed by atoms with van der Waals surface area (Å²) in [5.74, 6) is -1.02. The molecule has 0 saturated carbocycles. The lowest BCUT2D eigenvalue weighted by atomic mass is 10.0. The second kappa shape index (κ2) is 6.55. The van der Waals surface area contributed by atoms with Crippen molar-refractivity contribution >= 4 is 52.2 Å². The van der Waals surface area contributed by atoms with Crippen molar-refractivity contribution in [2.45, 2.75) is 13.0 Å². The van der Waals surface area contributed by atoms with E-state index in [2.05, 4.69) is 5.11 Å². The Labute approximate surface area is 153 Å². The van der Waals surface area contributed by atoms with Crippen LogP contribution in [0.5, 0.6) is 0 Å². The normalized spacial score (nSPS) is 17.2. The molecule has 24 heavy (non-hydrogen) atoms. The van der Waals surface area contributed by atoms with Crippen LogP contribution >= 0.6 is 34.8 Å². The molecule has 3 rings (SSSR count). The van der Waals surface area contributed by atoms with Crippen LogP contribution in [0.15, 0.2) is 53.2 Å². The quantitative estimate of drug-likeness (QED) is 0.698. The molecule has 0 fully saturated rings. The first-order valence-electron chi connectivity index (χ1n) is 7.04. The van der Waals surface area contributed by atoms with Crippen molar-refractivity contribution in [3.63, 3.8) is 0 Å². The summed E-state index contributed by atoms with van der Waals surface area (Å²) in [6.45, 7) is 1.75. The number of hydrogen-bond donors (Lipinski definition) is 1. The number of rotatable bonds is 3. The van der Waals surface area contributed by atoms with Gasteiger partial charge in [-0.1, -0.05) is 34.8 Å². The molecule has 2 aromatic rings. The Morgan fingerprint density at radius 1 is 1.08 bits per heavy atom. The van der Waals surface area contributed by atoms with Gasteiger partial charge in [0.1, 0.15) is 5.02 Å². The zero-order valence-electron chi connectivity index (χ0n) is 12.5. The maximum atomic E-state index is 11.5. The van der Waals surface area contributed by atoms with Gasteiger partial charge in [0.05, 0.1) is 0 Å². The van der Waals surface area contributed by atoms with Crippen molar-refractivity contribution in [2.75, 3.05) is 0 Å². The van der Waals surface area contributed by atoms with Gasteiger partial charge in [-0.3, -0.25) is 0 Å². The standard InChI is InChI=1S/C17H11Cl3N2O2/c1-9-15(17(23)24)21-22(14-7-6-12(19)8-13(14)20)16(9)10-2-4-11(18)5-3-10/h2-8,15H,1H3/p+1. The number of aliphatic carboxylic acids is 1. The van der Waals surface area contributed by atoms with E-state index < -0.39 is 12.0 Å². The Morgan fingerprint density at radius 3 is 2.29 bits per heavy atom. The van der Waals surface area contributed by atoms with Crippen LogP contribution in [-0.4, -0.2) is 21.8 Å². The molecule has 1 heterocycles. The van der Waals surface area contributed by atoms with Crippen LogP contribution in [0, 0.1) is 0 Å². The van der Waals surface area contributed by atoms with Crippen molar-refractivity contribution < 1.29 is 14.6 Å². The predicted octanol–water partition coefficient (Wildman–Crippen LogP) is 5.64. The highest BCUT2D eigenvalue weighted by Crippen LogP contribution is 2.39. The third-order valence-corrected chi connectivity index (χ3v) is 4.51. The van der Waals surface area contributed by atoms with Crippen LogP contribution in [0.25, 0.3) is 5.70 Å². The van der Waals surface area contributed by atoms with E-state index in [9.17, 15) is 9.90 Å². The molecule has 0 bridgehead atoms. The van der Waals surface area contributed by atoms with Gasteiger partial charge in [0.2, 0.25) is 11.7 Å². The molecule has 4 nitrogen and oxygen atoms in total. The van der Waals surface area contributed by atoms with Gasteiger partial charge in [0.25, 0.3) is 5.69 Å². The summed E-state index contributed by atoms with van der Waals surface area (Å²) in [5.41, 5.74) is 2.66. The highest BCUT2D eigenvalue weighted by atomic mass is 35.5. The lowest BCUT2D eigenvalue weighted by Crippen LogP contribution is -2.16. The van der Waals surface area contributed by atoms with E-state index in [1.165, 1.54) is 0 Å². The molecule has 7 heteroatoms. The summed E-state index contributed by atoms with van der Waals surface area (Å²) < 4.78 is 1.55. The van der Waals surface area contributed by atoms with Gasteiger partial charge >= 0.3 is 5.97 Å². The van der Waals surface area contributed by atoms with Crippen LogP contribution in [0.3, 0.4) is 0 Å². The van der Waals surface area contributed by atoms with E-state index in [1.807, 2.05) is 12.1 Å². The molecule has 1 aliphatic heterocycles. The molecule has 0 aromatic heterocycles. The first-order chi connectivity index (χ1) is 11.4. The summed E-state index contributed by atoms with van der Waals surface area (Å²) in [5, 5.41) is 15.2. The molecule has 2 aromatic carbocycles. The molecule has 0 aliphatic carbocycles. The molecule has 0 radical (unpaired) electrons. The number of carbonyl (C=O) groups is 1. The zero-order chi connectivity index (χ0) is 17.4. The molecule has 122 valence electrons. The zero-order valence-corrected chi connectivity index (χ0v) is 14.8. The summed E-state index contributed by atoms with van der Waals surface area (Å²) in [4.78, 5) is 11.5. The van der Waals surface area contributed by atoms with Crippen LogP contribution in [0.2, 0.25) is 15.1 Å². The number of carboxylic acids is 1. The van der Waals surface area contributed by atoms with Crippen LogP contribution in [0.1, 0.15) is 12.5 Å². The summed E-state index contributed by atoms with van der Waals surface area (Å²) in [6.07, 6.45) is 0. The first-order valence-corrected chi connectivity index (χ1v) is 8.17. The second-order valence-corrected chi connectivity index (χ2v) is 6.58. The van der Waals surface area contributed by atoms with Gasteiger partial charge in [-0.25, -0.2) is 4.79 Å². The molecule has 1 unspecified atom stereocenters. The van der Waals surface area contributed by atoms with Crippen LogP contribution in [-0.2, 0) is 4.79 Å². The topological polar surface area (TPSA) is 52.7 Å². The fraction of sp³-hybridized carbons (Fsp3) is 0.118. The van der Waals surface area contributed by atoms with Crippen molar-refractivity contribution in [1.82, 2.24) is 0 Å². The number of carboxylic acid groups (broad SMARTS) is 1. The van der Waals surface area contributed by atoms with E-state index in [1.54, 1.807) is 42.0 Å². The Morgan fingerprint density at radius 2 is 1.71 bits per heavy atom. The molecule has 1 N–H and O–H groups in total. The Bertz CT molecular complexity index is 889.